The van der Waals surface area contributed by atoms with Crippen LogP contribution in [0.5, 0.6) is 0 Å². The molecule has 2 heterocycles. The average Bonchev–Trinajstić information content (AvgIpc) is 2.89. The smallest absolute Gasteiger partial charge is 0.275 e. The van der Waals surface area contributed by atoms with Crippen molar-refractivity contribution < 1.29 is 9.47 Å². The van der Waals surface area contributed by atoms with E-state index in [9.17, 15) is 4.79 Å². The Kier molecular flexibility index (Phi) is 7.16. The number of nitrogens with one attached hydrogen (secondary N) is 1. The predicted molar refractivity (Wildman–Crippen MR) is 107 cm³/mol. The van der Waals surface area contributed by atoms with Crippen molar-refractivity contribution in [3.63, 3.8) is 0 Å². The summed E-state index contributed by atoms with van der Waals surface area (Å²) in [6.45, 7) is 11.6. The van der Waals surface area contributed by atoms with Crippen molar-refractivity contribution >= 4 is 19.1 Å². The van der Waals surface area contributed by atoms with Crippen molar-refractivity contribution in [2.24, 2.45) is 0 Å². The summed E-state index contributed by atoms with van der Waals surface area (Å²) in [6, 6.07) is 3.07. The zero-order valence-electron chi connectivity index (χ0n) is 16.8. The van der Waals surface area contributed by atoms with Gasteiger partial charge in [-0.2, -0.15) is 0 Å². The quantitative estimate of drug-likeness (QED) is 0.506. The largest absolute Gasteiger partial charge is 0.380 e. The van der Waals surface area contributed by atoms with E-state index in [0.717, 1.165) is 18.3 Å². The second-order valence-corrected chi connectivity index (χ2v) is 13.7. The van der Waals surface area contributed by atoms with Gasteiger partial charge in [0, 0.05) is 40.6 Å². The molecular weight excluding hydrogens is 348 g/mol. The molecule has 8 heteroatoms. The Bertz CT molecular complexity index is 766. The van der Waals surface area contributed by atoms with Crippen molar-refractivity contribution in [1.82, 2.24) is 19.4 Å². The number of aromatic amines is 1. The summed E-state index contributed by atoms with van der Waals surface area (Å²) in [7, 11) is 2.61. The van der Waals surface area contributed by atoms with Crippen molar-refractivity contribution in [1.29, 1.82) is 0 Å². The van der Waals surface area contributed by atoms with Gasteiger partial charge in [0.05, 0.1) is 17.9 Å². The second kappa shape index (κ2) is 8.94. The maximum absolute atomic E-state index is 12.3. The molecule has 0 saturated carbocycles. The van der Waals surface area contributed by atoms with Crippen LogP contribution < -0.4 is 5.56 Å². The fourth-order valence-electron chi connectivity index (χ4n) is 2.82. The monoisotopic (exact) mass is 380 g/mol. The number of likely N-dealkylation sites (N-methyl/N-ethyl adjacent to an activating group) is 1. The van der Waals surface area contributed by atoms with Gasteiger partial charge in [0.1, 0.15) is 12.2 Å². The van der Waals surface area contributed by atoms with Gasteiger partial charge in [-0.25, -0.2) is 4.98 Å². The average molecular weight is 381 g/mol. The van der Waals surface area contributed by atoms with E-state index < -0.39 is 8.07 Å². The van der Waals surface area contributed by atoms with E-state index in [0.29, 0.717) is 30.9 Å². The van der Waals surface area contributed by atoms with E-state index in [1.165, 1.54) is 6.33 Å². The first-order valence-electron chi connectivity index (χ1n) is 9.06. The highest BCUT2D eigenvalue weighted by molar-refractivity contribution is 6.76. The van der Waals surface area contributed by atoms with Gasteiger partial charge in [0.15, 0.2) is 0 Å². The van der Waals surface area contributed by atoms with Crippen LogP contribution in [-0.2, 0) is 22.7 Å². The molecule has 0 radical (unpaired) electrons. The van der Waals surface area contributed by atoms with Crippen molar-refractivity contribution in [3.8, 4) is 0 Å². The van der Waals surface area contributed by atoms with E-state index in [-0.39, 0.29) is 11.7 Å². The van der Waals surface area contributed by atoms with E-state index >= 15 is 0 Å². The number of rotatable bonds is 10. The maximum Gasteiger partial charge on any atom is 0.275 e. The van der Waals surface area contributed by atoms with Crippen LogP contribution in [0, 0.1) is 0 Å². The molecule has 146 valence electrons. The lowest BCUT2D eigenvalue weighted by Crippen LogP contribution is -2.29. The Balaban J connectivity index is 2.19. The maximum atomic E-state index is 12.3. The van der Waals surface area contributed by atoms with Crippen molar-refractivity contribution in [2.45, 2.75) is 52.0 Å². The van der Waals surface area contributed by atoms with E-state index in [1.54, 1.807) is 7.11 Å². The molecule has 2 aromatic rings. The standard InChI is InChI=1S/C18H32N4O3Si/c1-14(24-3)10-21(2)11-15-9-16-17(18(23)20-12-19-16)22(15)13-25-7-8-26(4,5)6/h9,12,14H,7-8,10-11,13H2,1-6H3,(H,19,20,23)/t14-/m0/s1. The molecular formula is C18H32N4O3Si. The molecule has 0 aliphatic carbocycles. The van der Waals surface area contributed by atoms with Crippen LogP contribution >= 0.6 is 0 Å². The highest BCUT2D eigenvalue weighted by atomic mass is 28.3. The molecule has 1 N–H and O–H groups in total. The third-order valence-corrected chi connectivity index (χ3v) is 6.10. The summed E-state index contributed by atoms with van der Waals surface area (Å²) >= 11 is 0. The van der Waals surface area contributed by atoms with Gasteiger partial charge >= 0.3 is 0 Å². The lowest BCUT2D eigenvalue weighted by atomic mass is 10.3. The first kappa shape index (κ1) is 20.8. The molecule has 26 heavy (non-hydrogen) atoms. The minimum Gasteiger partial charge on any atom is -0.380 e. The Morgan fingerprint density at radius 3 is 2.77 bits per heavy atom. The first-order chi connectivity index (χ1) is 12.2. The summed E-state index contributed by atoms with van der Waals surface area (Å²) < 4.78 is 13.2. The number of nitrogens with zero attached hydrogens (tertiary/aromatic N) is 3. The third-order valence-electron chi connectivity index (χ3n) is 4.40. The van der Waals surface area contributed by atoms with E-state index in [4.69, 9.17) is 9.47 Å². The van der Waals surface area contributed by atoms with Gasteiger partial charge in [0.2, 0.25) is 0 Å². The van der Waals surface area contributed by atoms with Crippen molar-refractivity contribution in [2.75, 3.05) is 27.3 Å². The normalized spacial score (nSPS) is 13.7. The summed E-state index contributed by atoms with van der Waals surface area (Å²) in [5.41, 5.74) is 2.15. The molecule has 0 amide bonds. The van der Waals surface area contributed by atoms with Gasteiger partial charge in [0.25, 0.3) is 5.56 Å². The molecule has 1 atom stereocenters. The number of hydrogen-bond donors (Lipinski definition) is 1. The number of fused-ring (bicyclic) bond motifs is 1. The van der Waals surface area contributed by atoms with Gasteiger partial charge in [-0.1, -0.05) is 19.6 Å². The number of methoxy groups -OCH3 is 1. The van der Waals surface area contributed by atoms with Crippen molar-refractivity contribution in [3.05, 3.63) is 28.4 Å². The fraction of sp³-hybridized carbons (Fsp3) is 0.667. The highest BCUT2D eigenvalue weighted by Gasteiger charge is 2.16. The van der Waals surface area contributed by atoms with Crippen LogP contribution in [-0.4, -0.2) is 60.9 Å². The Labute approximate surface area is 156 Å². The molecule has 2 rings (SSSR count). The third kappa shape index (κ3) is 5.77. The lowest BCUT2D eigenvalue weighted by Gasteiger charge is -2.21. The van der Waals surface area contributed by atoms with Gasteiger partial charge in [-0.05, 0) is 26.1 Å². The lowest BCUT2D eigenvalue weighted by molar-refractivity contribution is 0.0760. The Hall–Kier alpha value is -1.48. The zero-order valence-corrected chi connectivity index (χ0v) is 17.8. The van der Waals surface area contributed by atoms with Crippen LogP contribution in [0.2, 0.25) is 25.7 Å². The fourth-order valence-corrected chi connectivity index (χ4v) is 3.58. The SMILES string of the molecule is CO[C@@H](C)CN(C)Cc1cc2nc[nH]c(=O)c2n1COCC[Si](C)(C)C. The topological polar surface area (TPSA) is 72.4 Å². The molecule has 0 fully saturated rings. The molecule has 0 aliphatic rings. The van der Waals surface area contributed by atoms with Crippen LogP contribution in [0.25, 0.3) is 11.0 Å². The van der Waals surface area contributed by atoms with Gasteiger partial charge in [-0.3, -0.25) is 9.69 Å². The molecule has 0 spiro atoms. The number of aromatic nitrogens is 3. The molecule has 0 aliphatic heterocycles. The first-order valence-corrected chi connectivity index (χ1v) is 12.8. The Morgan fingerprint density at radius 2 is 2.12 bits per heavy atom. The summed E-state index contributed by atoms with van der Waals surface area (Å²) in [4.78, 5) is 21.5. The van der Waals surface area contributed by atoms with E-state index in [1.807, 2.05) is 24.6 Å². The predicted octanol–water partition coefficient (Wildman–Crippen LogP) is 2.50. The number of H-pyrrole nitrogens is 1. The van der Waals surface area contributed by atoms with Crippen LogP contribution in [0.4, 0.5) is 0 Å². The zero-order chi connectivity index (χ0) is 19.3. The molecule has 0 bridgehead atoms. The molecule has 0 saturated heterocycles. The number of ether oxygens (including phenoxy) is 2. The summed E-state index contributed by atoms with van der Waals surface area (Å²) in [5, 5.41) is 0. The van der Waals surface area contributed by atoms with Crippen LogP contribution in [0.3, 0.4) is 0 Å². The van der Waals surface area contributed by atoms with E-state index in [2.05, 4.69) is 34.5 Å². The molecule has 0 aromatic carbocycles. The van der Waals surface area contributed by atoms with Crippen LogP contribution in [0.1, 0.15) is 12.6 Å². The summed E-state index contributed by atoms with van der Waals surface area (Å²) in [5.74, 6) is 0. The number of hydrogen-bond acceptors (Lipinski definition) is 5. The minimum atomic E-state index is -1.14. The molecule has 2 aromatic heterocycles. The molecule has 7 nitrogen and oxygen atoms in total. The Morgan fingerprint density at radius 1 is 1.38 bits per heavy atom. The van der Waals surface area contributed by atoms with Crippen LogP contribution in [0.15, 0.2) is 17.2 Å². The molecule has 0 unspecified atom stereocenters. The second-order valence-electron chi connectivity index (χ2n) is 8.12. The van der Waals surface area contributed by atoms with Gasteiger partial charge < -0.3 is 19.0 Å². The summed E-state index contributed by atoms with van der Waals surface area (Å²) in [6.07, 6.45) is 1.59. The minimum absolute atomic E-state index is 0.136. The van der Waals surface area contributed by atoms with Gasteiger partial charge in [-0.15, -0.1) is 0 Å². The highest BCUT2D eigenvalue weighted by Crippen LogP contribution is 2.17.